The van der Waals surface area contributed by atoms with Crippen molar-refractivity contribution in [3.8, 4) is 12.1 Å². The third kappa shape index (κ3) is 6.34. The van der Waals surface area contributed by atoms with Gasteiger partial charge in [0.15, 0.2) is 0 Å². The largest absolute Gasteiger partial charge is 0.377 e. The van der Waals surface area contributed by atoms with Crippen LogP contribution >= 0.6 is 11.6 Å². The second kappa shape index (κ2) is 12.6. The zero-order chi connectivity index (χ0) is 30.7. The van der Waals surface area contributed by atoms with Crippen molar-refractivity contribution in [2.75, 3.05) is 10.6 Å². The molecule has 3 aromatic carbocycles. The molecule has 8 nitrogen and oxygen atoms in total. The molecule has 43 heavy (non-hydrogen) atoms. The van der Waals surface area contributed by atoms with Crippen LogP contribution in [0.1, 0.15) is 62.2 Å². The van der Waals surface area contributed by atoms with Gasteiger partial charge in [-0.2, -0.15) is 10.5 Å². The predicted molar refractivity (Wildman–Crippen MR) is 166 cm³/mol. The highest BCUT2D eigenvalue weighted by Gasteiger charge is 2.32. The summed E-state index contributed by atoms with van der Waals surface area (Å²) in [6, 6.07) is 22.3. The monoisotopic (exact) mass is 593 g/mol. The molecule has 10 heteroatoms. The van der Waals surface area contributed by atoms with Crippen molar-refractivity contribution in [3.63, 3.8) is 0 Å². The molecule has 2 unspecified atom stereocenters. The lowest BCUT2D eigenvalue weighted by atomic mass is 9.99. The molecule has 1 fully saturated rings. The Morgan fingerprint density at radius 3 is 2.60 bits per heavy atom. The molecule has 1 aliphatic heterocycles. The van der Waals surface area contributed by atoms with Crippen molar-refractivity contribution in [1.82, 2.24) is 21.0 Å². The number of nitrogens with one attached hydrogen (secondary N) is 4. The lowest BCUT2D eigenvalue weighted by molar-refractivity contribution is 0.260. The third-order valence-electron chi connectivity index (χ3n) is 7.55. The first-order valence-electron chi connectivity index (χ1n) is 14.7. The molecule has 1 aliphatic carbocycles. The number of rotatable bonds is 11. The second-order valence-electron chi connectivity index (χ2n) is 10.6. The van der Waals surface area contributed by atoms with Gasteiger partial charge in [0.25, 0.3) is 0 Å². The minimum atomic E-state index is -1.56. The quantitative estimate of drug-likeness (QED) is 0.135. The van der Waals surface area contributed by atoms with Crippen LogP contribution in [0.15, 0.2) is 84.8 Å². The van der Waals surface area contributed by atoms with Crippen molar-refractivity contribution in [1.29, 1.82) is 10.5 Å². The molecular formula is C33H30ClFN8. The van der Waals surface area contributed by atoms with Crippen LogP contribution in [0.2, 0.25) is 5.02 Å². The number of nitrogens with zero attached hydrogens (tertiary/aromatic N) is 4. The van der Waals surface area contributed by atoms with Crippen molar-refractivity contribution in [2.45, 2.75) is 50.2 Å². The van der Waals surface area contributed by atoms with E-state index in [2.05, 4.69) is 38.7 Å². The van der Waals surface area contributed by atoms with Gasteiger partial charge in [-0.15, -0.1) is 5.53 Å². The van der Waals surface area contributed by atoms with Gasteiger partial charge in [-0.1, -0.05) is 54.1 Å². The van der Waals surface area contributed by atoms with Crippen molar-refractivity contribution < 1.29 is 5.76 Å². The molecule has 0 saturated heterocycles. The molecule has 6 rings (SSSR count). The summed E-state index contributed by atoms with van der Waals surface area (Å²) in [5.74, 6) is -0.399. The number of fused-ring (bicyclic) bond motifs is 1. The van der Waals surface area contributed by atoms with Crippen LogP contribution in [-0.2, 0) is 0 Å². The van der Waals surface area contributed by atoms with E-state index < -0.39 is 11.8 Å². The van der Waals surface area contributed by atoms with Gasteiger partial charge in [-0.3, -0.25) is 9.99 Å². The summed E-state index contributed by atoms with van der Waals surface area (Å²) in [6.45, 7) is 0. The van der Waals surface area contributed by atoms with Crippen LogP contribution in [0.4, 0.5) is 15.8 Å². The lowest BCUT2D eigenvalue weighted by Gasteiger charge is -2.24. The van der Waals surface area contributed by atoms with Gasteiger partial charge < -0.3 is 16.1 Å². The molecule has 2 atom stereocenters. The van der Waals surface area contributed by atoms with Crippen LogP contribution in [0.25, 0.3) is 10.9 Å². The number of pyridine rings is 1. The number of nitriles is 2. The zero-order valence-electron chi connectivity index (χ0n) is 24.2. The molecule has 4 N–H and O–H groups in total. The number of aromatic nitrogens is 1. The number of hydrazine groups is 2. The van der Waals surface area contributed by atoms with Gasteiger partial charge in [0.1, 0.15) is 11.9 Å². The minimum Gasteiger partial charge on any atom is -0.377 e. The van der Waals surface area contributed by atoms with E-state index in [1.165, 1.54) is 18.3 Å². The Kier molecular flexibility index (Phi) is 7.91. The Labute approximate surface area is 256 Å². The first-order valence-corrected chi connectivity index (χ1v) is 14.5. The molecule has 1 saturated carbocycles. The van der Waals surface area contributed by atoms with Gasteiger partial charge in [0, 0.05) is 35.9 Å². The lowest BCUT2D eigenvalue weighted by Crippen LogP contribution is -2.38. The Hall–Kier alpha value is -4.83. The normalized spacial score (nSPS) is 16.7. The molecule has 1 aromatic heterocycles. The SMILES string of the molecule is [2H]C(Nc1cc(Cl)c2ncc(C#N)c(NC(CCCC#N)c3ccccc3)c2c1)(C1=CN(C2CC2)NN1)c1ccc(F)cc1. The smallest absolute Gasteiger partial charge is 0.123 e. The first-order chi connectivity index (χ1) is 21.4. The van der Waals surface area contributed by atoms with E-state index in [0.29, 0.717) is 69.4 Å². The van der Waals surface area contributed by atoms with Crippen LogP contribution in [-0.4, -0.2) is 16.0 Å². The summed E-state index contributed by atoms with van der Waals surface area (Å²) in [6.07, 6.45) is 7.23. The molecule has 2 aliphatic rings. The fraction of sp³-hybridized carbons (Fsp3) is 0.242. The number of anilines is 2. The zero-order valence-corrected chi connectivity index (χ0v) is 24.0. The number of unbranched alkanes of at least 4 members (excludes halogenated alkanes) is 1. The average Bonchev–Trinajstić information content (AvgIpc) is 3.76. The standard InChI is InChI=1S/C33H30ClFN8/c34-28-17-25(39-32(22-9-11-24(35)12-10-22)30-20-43(42-41-30)26-13-14-26)16-27-31(23(18-37)19-38-33(27)28)40-29(8-4-5-15-36)21-6-2-1-3-7-21/h1-3,6-7,9-12,16-17,19-20,26,29,32,39,41-42H,4-5,8,13-14H2,(H,38,40)/i32D. The molecule has 216 valence electrons. The van der Waals surface area contributed by atoms with E-state index in [4.69, 9.17) is 16.9 Å². The van der Waals surface area contributed by atoms with E-state index >= 15 is 0 Å². The van der Waals surface area contributed by atoms with Crippen molar-refractivity contribution in [2.24, 2.45) is 0 Å². The number of hydrogen-bond acceptors (Lipinski definition) is 8. The summed E-state index contributed by atoms with van der Waals surface area (Å²) in [7, 11) is 0. The second-order valence-corrected chi connectivity index (χ2v) is 11.0. The molecule has 0 spiro atoms. The third-order valence-corrected chi connectivity index (χ3v) is 7.83. The van der Waals surface area contributed by atoms with Gasteiger partial charge >= 0.3 is 0 Å². The van der Waals surface area contributed by atoms with E-state index in [-0.39, 0.29) is 6.04 Å². The maximum absolute atomic E-state index is 13.9. The highest BCUT2D eigenvalue weighted by atomic mass is 35.5. The fourth-order valence-corrected chi connectivity index (χ4v) is 5.47. The predicted octanol–water partition coefficient (Wildman–Crippen LogP) is 7.23. The molecule has 0 bridgehead atoms. The summed E-state index contributed by atoms with van der Waals surface area (Å²) >= 11 is 6.80. The van der Waals surface area contributed by atoms with E-state index in [1.807, 2.05) is 47.6 Å². The van der Waals surface area contributed by atoms with Crippen LogP contribution in [0.5, 0.6) is 0 Å². The molecule has 0 radical (unpaired) electrons. The molecular weight excluding hydrogens is 563 g/mol. The van der Waals surface area contributed by atoms with Gasteiger partial charge in [-0.05, 0) is 61.1 Å². The highest BCUT2D eigenvalue weighted by Crippen LogP contribution is 2.38. The first kappa shape index (κ1) is 27.0. The average molecular weight is 594 g/mol. The Morgan fingerprint density at radius 1 is 1.09 bits per heavy atom. The summed E-state index contributed by atoms with van der Waals surface area (Å²) in [5.41, 5.74) is 10.2. The Morgan fingerprint density at radius 2 is 1.88 bits per heavy atom. The van der Waals surface area contributed by atoms with Gasteiger partial charge in [-0.25, -0.2) is 4.39 Å². The van der Waals surface area contributed by atoms with E-state index in [9.17, 15) is 11.0 Å². The molecule has 4 aromatic rings. The maximum Gasteiger partial charge on any atom is 0.123 e. The summed E-state index contributed by atoms with van der Waals surface area (Å²) in [5, 5.41) is 29.0. The minimum absolute atomic E-state index is 0.181. The van der Waals surface area contributed by atoms with Gasteiger partial charge in [0.2, 0.25) is 0 Å². The summed E-state index contributed by atoms with van der Waals surface area (Å²) in [4.78, 5) is 4.49. The van der Waals surface area contributed by atoms with Gasteiger partial charge in [0.05, 0.1) is 47.0 Å². The maximum atomic E-state index is 13.9. The fourth-order valence-electron chi connectivity index (χ4n) is 5.20. The Bertz CT molecular complexity index is 1780. The number of benzene rings is 3. The topological polar surface area (TPSA) is 112 Å². The number of hydrogen-bond donors (Lipinski definition) is 4. The summed E-state index contributed by atoms with van der Waals surface area (Å²) < 4.78 is 23.6. The Balaban J connectivity index is 1.43. The van der Waals surface area contributed by atoms with E-state index in [0.717, 1.165) is 18.4 Å². The van der Waals surface area contributed by atoms with E-state index in [1.54, 1.807) is 18.2 Å². The molecule has 2 heterocycles. The van der Waals surface area contributed by atoms with Crippen LogP contribution < -0.4 is 21.6 Å². The van der Waals surface area contributed by atoms with Crippen molar-refractivity contribution >= 4 is 33.9 Å². The van der Waals surface area contributed by atoms with Crippen LogP contribution in [0.3, 0.4) is 0 Å². The van der Waals surface area contributed by atoms with Crippen LogP contribution in [0, 0.1) is 28.5 Å². The molecule has 0 amide bonds. The number of halogens is 2. The highest BCUT2D eigenvalue weighted by molar-refractivity contribution is 6.35. The van der Waals surface area contributed by atoms with Crippen molar-refractivity contribution in [3.05, 3.63) is 112 Å².